The van der Waals surface area contributed by atoms with Gasteiger partial charge >= 0.3 is 0 Å². The molecule has 0 aromatic carbocycles. The highest BCUT2D eigenvalue weighted by Crippen LogP contribution is 2.33. The molecule has 1 N–H and O–H groups in total. The molecule has 7 heteroatoms. The molecule has 0 aliphatic heterocycles. The van der Waals surface area contributed by atoms with Crippen LogP contribution < -0.4 is 5.32 Å². The number of aromatic nitrogens is 4. The van der Waals surface area contributed by atoms with Crippen LogP contribution in [0.15, 0.2) is 33.3 Å². The number of fused-ring (bicyclic) bond motifs is 1. The maximum Gasteiger partial charge on any atom is 0.176 e. The summed E-state index contributed by atoms with van der Waals surface area (Å²) < 4.78 is 12.8. The molecule has 0 amide bonds. The van der Waals surface area contributed by atoms with E-state index in [1.54, 1.807) is 4.68 Å². The first-order valence-corrected chi connectivity index (χ1v) is 7.62. The van der Waals surface area contributed by atoms with Crippen LogP contribution in [0.4, 0.5) is 11.6 Å². The molecule has 0 fully saturated rings. The fraction of sp³-hybridized carbons (Fsp3) is 0.235. The largest absolute Gasteiger partial charge is 0.457 e. The standard InChI is InChI=1S/C17H17N5O2/c1-9-7-12-8-13(15-10(2)21-24-11(15)3)18-17(16(12)23-9)19-14-5-6-22(4)20-14/h5-8H,1-4H3,(H,18,19,20). The average Bonchev–Trinajstić information content (AvgIpc) is 3.18. The van der Waals surface area contributed by atoms with Crippen molar-refractivity contribution < 1.29 is 8.94 Å². The third-order valence-corrected chi connectivity index (χ3v) is 3.87. The first kappa shape index (κ1) is 14.5. The van der Waals surface area contributed by atoms with Gasteiger partial charge in [0, 0.05) is 24.7 Å². The number of nitrogens with zero attached hydrogens (tertiary/aromatic N) is 4. The minimum atomic E-state index is 0.620. The minimum Gasteiger partial charge on any atom is -0.457 e. The zero-order valence-corrected chi connectivity index (χ0v) is 13.9. The Morgan fingerprint density at radius 3 is 2.67 bits per heavy atom. The van der Waals surface area contributed by atoms with E-state index in [0.29, 0.717) is 17.2 Å². The van der Waals surface area contributed by atoms with E-state index in [-0.39, 0.29) is 0 Å². The number of nitrogens with one attached hydrogen (secondary N) is 1. The van der Waals surface area contributed by atoms with Crippen LogP contribution in [0.25, 0.3) is 22.2 Å². The van der Waals surface area contributed by atoms with Crippen molar-refractivity contribution in [3.05, 3.63) is 41.6 Å². The van der Waals surface area contributed by atoms with Gasteiger partial charge in [-0.3, -0.25) is 4.68 Å². The Balaban J connectivity index is 1.90. The van der Waals surface area contributed by atoms with Crippen molar-refractivity contribution >= 4 is 22.6 Å². The lowest BCUT2D eigenvalue weighted by Crippen LogP contribution is -1.98. The monoisotopic (exact) mass is 323 g/mol. The second-order valence-electron chi connectivity index (χ2n) is 5.83. The van der Waals surface area contributed by atoms with Crippen molar-refractivity contribution in [1.29, 1.82) is 0 Å². The minimum absolute atomic E-state index is 0.620. The zero-order chi connectivity index (χ0) is 16.8. The average molecular weight is 323 g/mol. The molecule has 4 aromatic heterocycles. The van der Waals surface area contributed by atoms with E-state index in [1.807, 2.05) is 52.2 Å². The molecule has 0 spiro atoms. The Morgan fingerprint density at radius 2 is 2.00 bits per heavy atom. The molecule has 0 unspecified atom stereocenters. The van der Waals surface area contributed by atoms with Gasteiger partial charge in [0.25, 0.3) is 0 Å². The summed E-state index contributed by atoms with van der Waals surface area (Å²) in [6.45, 7) is 5.71. The number of anilines is 2. The van der Waals surface area contributed by atoms with Crippen LogP contribution in [0.3, 0.4) is 0 Å². The molecule has 0 saturated heterocycles. The van der Waals surface area contributed by atoms with Gasteiger partial charge in [0.2, 0.25) is 0 Å². The Labute approximate surface area is 138 Å². The highest BCUT2D eigenvalue weighted by atomic mass is 16.5. The normalized spacial score (nSPS) is 11.3. The molecule has 4 rings (SSSR count). The van der Waals surface area contributed by atoms with Crippen molar-refractivity contribution in [2.45, 2.75) is 20.8 Å². The molecule has 122 valence electrons. The molecule has 4 aromatic rings. The van der Waals surface area contributed by atoms with Gasteiger partial charge in [-0.1, -0.05) is 5.16 Å². The van der Waals surface area contributed by atoms with Crippen LogP contribution in [-0.2, 0) is 7.05 Å². The summed E-state index contributed by atoms with van der Waals surface area (Å²) in [6, 6.07) is 5.86. The van der Waals surface area contributed by atoms with E-state index in [2.05, 4.69) is 15.6 Å². The number of aryl methyl sites for hydroxylation is 4. The summed E-state index contributed by atoms with van der Waals surface area (Å²) in [6.07, 6.45) is 1.87. The SMILES string of the molecule is Cc1cc2cc(-c3c(C)noc3C)nc(Nc3ccn(C)n3)c2o1. The van der Waals surface area contributed by atoms with E-state index < -0.39 is 0 Å². The quantitative estimate of drug-likeness (QED) is 0.616. The molecule has 0 saturated carbocycles. The van der Waals surface area contributed by atoms with Crippen molar-refractivity contribution in [3.63, 3.8) is 0 Å². The molecule has 0 aliphatic carbocycles. The summed E-state index contributed by atoms with van der Waals surface area (Å²) in [5.41, 5.74) is 3.20. The van der Waals surface area contributed by atoms with Gasteiger partial charge in [-0.15, -0.1) is 0 Å². The van der Waals surface area contributed by atoms with Crippen LogP contribution in [-0.4, -0.2) is 19.9 Å². The highest BCUT2D eigenvalue weighted by Gasteiger charge is 2.18. The van der Waals surface area contributed by atoms with Gasteiger partial charge in [-0.25, -0.2) is 4.98 Å². The first-order valence-electron chi connectivity index (χ1n) is 7.62. The molecular weight excluding hydrogens is 306 g/mol. The van der Waals surface area contributed by atoms with Gasteiger partial charge in [0.15, 0.2) is 17.2 Å². The van der Waals surface area contributed by atoms with Crippen LogP contribution in [0.1, 0.15) is 17.2 Å². The van der Waals surface area contributed by atoms with Crippen molar-refractivity contribution in [3.8, 4) is 11.3 Å². The summed E-state index contributed by atoms with van der Waals surface area (Å²) in [4.78, 5) is 4.73. The molecule has 7 nitrogen and oxygen atoms in total. The van der Waals surface area contributed by atoms with Crippen LogP contribution in [0.5, 0.6) is 0 Å². The summed E-state index contributed by atoms with van der Waals surface area (Å²) in [7, 11) is 1.87. The Morgan fingerprint density at radius 1 is 1.17 bits per heavy atom. The van der Waals surface area contributed by atoms with Gasteiger partial charge in [-0.05, 0) is 32.9 Å². The first-order chi connectivity index (χ1) is 11.5. The van der Waals surface area contributed by atoms with E-state index in [4.69, 9.17) is 13.9 Å². The maximum atomic E-state index is 5.81. The van der Waals surface area contributed by atoms with E-state index in [0.717, 1.165) is 33.9 Å². The molecule has 0 aliphatic rings. The van der Waals surface area contributed by atoms with E-state index in [1.165, 1.54) is 0 Å². The fourth-order valence-electron chi connectivity index (χ4n) is 2.84. The lowest BCUT2D eigenvalue weighted by Gasteiger charge is -2.07. The number of hydrogen-bond acceptors (Lipinski definition) is 6. The molecule has 4 heterocycles. The second kappa shape index (κ2) is 5.23. The Hall–Kier alpha value is -3.09. The fourth-order valence-corrected chi connectivity index (χ4v) is 2.84. The number of pyridine rings is 1. The summed E-state index contributed by atoms with van der Waals surface area (Å²) in [5.74, 6) is 2.89. The van der Waals surface area contributed by atoms with Crippen molar-refractivity contribution in [1.82, 2.24) is 19.9 Å². The van der Waals surface area contributed by atoms with Crippen molar-refractivity contribution in [2.75, 3.05) is 5.32 Å². The summed E-state index contributed by atoms with van der Waals surface area (Å²) in [5, 5.41) is 12.6. The lowest BCUT2D eigenvalue weighted by atomic mass is 10.1. The molecule has 24 heavy (non-hydrogen) atoms. The highest BCUT2D eigenvalue weighted by molar-refractivity contribution is 5.92. The molecule has 0 radical (unpaired) electrons. The van der Waals surface area contributed by atoms with Gasteiger partial charge < -0.3 is 14.3 Å². The van der Waals surface area contributed by atoms with Crippen LogP contribution in [0.2, 0.25) is 0 Å². The number of furan rings is 1. The molecule has 0 atom stereocenters. The lowest BCUT2D eigenvalue weighted by molar-refractivity contribution is 0.393. The number of hydrogen-bond donors (Lipinski definition) is 1. The predicted molar refractivity (Wildman–Crippen MR) is 90.2 cm³/mol. The van der Waals surface area contributed by atoms with Gasteiger partial charge in [-0.2, -0.15) is 5.10 Å². The topological polar surface area (TPSA) is 81.9 Å². The van der Waals surface area contributed by atoms with Gasteiger partial charge in [0.05, 0.1) is 17.0 Å². The van der Waals surface area contributed by atoms with Crippen molar-refractivity contribution in [2.24, 2.45) is 7.05 Å². The Kier molecular flexibility index (Phi) is 3.16. The number of rotatable bonds is 3. The third kappa shape index (κ3) is 2.34. The zero-order valence-electron chi connectivity index (χ0n) is 13.9. The van der Waals surface area contributed by atoms with Crippen LogP contribution >= 0.6 is 0 Å². The maximum absolute atomic E-state index is 5.81. The van der Waals surface area contributed by atoms with E-state index in [9.17, 15) is 0 Å². The smallest absolute Gasteiger partial charge is 0.176 e. The second-order valence-corrected chi connectivity index (χ2v) is 5.83. The molecule has 0 bridgehead atoms. The predicted octanol–water partition coefficient (Wildman–Crippen LogP) is 3.89. The van der Waals surface area contributed by atoms with E-state index >= 15 is 0 Å². The Bertz CT molecular complexity index is 1020. The third-order valence-electron chi connectivity index (χ3n) is 3.87. The van der Waals surface area contributed by atoms with Gasteiger partial charge in [0.1, 0.15) is 11.5 Å². The summed E-state index contributed by atoms with van der Waals surface area (Å²) >= 11 is 0. The molecular formula is C17H17N5O2. The van der Waals surface area contributed by atoms with Crippen LogP contribution in [0, 0.1) is 20.8 Å².